The van der Waals surface area contributed by atoms with Crippen LogP contribution < -0.4 is 5.32 Å². The van der Waals surface area contributed by atoms with Crippen LogP contribution in [0.1, 0.15) is 57.8 Å². The molecule has 0 heterocycles. The Morgan fingerprint density at radius 2 is 1.75 bits per heavy atom. The fraction of sp³-hybridized carbons (Fsp3) is 0.867. The summed E-state index contributed by atoms with van der Waals surface area (Å²) in [5.41, 5.74) is -0.811. The van der Waals surface area contributed by atoms with Gasteiger partial charge in [0.25, 0.3) is 0 Å². The maximum Gasteiger partial charge on any atom is 0.310 e. The van der Waals surface area contributed by atoms with Crippen molar-refractivity contribution < 1.29 is 14.7 Å². The van der Waals surface area contributed by atoms with E-state index in [0.717, 1.165) is 32.1 Å². The van der Waals surface area contributed by atoms with E-state index in [1.807, 2.05) is 11.8 Å². The zero-order valence-electron chi connectivity index (χ0n) is 12.2. The Morgan fingerprint density at radius 1 is 1.10 bits per heavy atom. The standard InChI is InChI=1S/C15H25NO3S/c1-20-15(8-5-9-15)11-16-12(17)10-14(13(18)19)6-3-2-4-7-14/h2-11H2,1H3,(H,16,17)(H,18,19). The summed E-state index contributed by atoms with van der Waals surface area (Å²) in [6, 6.07) is 0. The van der Waals surface area contributed by atoms with E-state index in [4.69, 9.17) is 0 Å². The molecule has 4 nitrogen and oxygen atoms in total. The molecule has 20 heavy (non-hydrogen) atoms. The lowest BCUT2D eigenvalue weighted by molar-refractivity contribution is -0.154. The Bertz CT molecular complexity index is 368. The number of carboxylic acid groups (broad SMARTS) is 1. The van der Waals surface area contributed by atoms with Crippen LogP contribution >= 0.6 is 11.8 Å². The van der Waals surface area contributed by atoms with Crippen molar-refractivity contribution in [1.29, 1.82) is 0 Å². The number of hydrogen-bond donors (Lipinski definition) is 2. The lowest BCUT2D eigenvalue weighted by Gasteiger charge is -2.41. The number of rotatable bonds is 6. The van der Waals surface area contributed by atoms with E-state index in [2.05, 4.69) is 11.6 Å². The maximum atomic E-state index is 12.1. The number of carbonyl (C=O) groups excluding carboxylic acids is 1. The molecule has 2 fully saturated rings. The van der Waals surface area contributed by atoms with E-state index in [0.29, 0.717) is 19.4 Å². The molecule has 0 unspecified atom stereocenters. The summed E-state index contributed by atoms with van der Waals surface area (Å²) >= 11 is 1.82. The molecule has 2 rings (SSSR count). The molecule has 0 aliphatic heterocycles. The fourth-order valence-corrected chi connectivity index (χ4v) is 4.26. The highest BCUT2D eigenvalue weighted by atomic mass is 32.2. The summed E-state index contributed by atoms with van der Waals surface area (Å²) < 4.78 is 0.207. The number of amides is 1. The molecule has 0 saturated heterocycles. The van der Waals surface area contributed by atoms with Gasteiger partial charge in [-0.1, -0.05) is 25.7 Å². The minimum Gasteiger partial charge on any atom is -0.481 e. The Labute approximate surface area is 125 Å². The summed E-state index contributed by atoms with van der Waals surface area (Å²) in [5.74, 6) is -0.884. The highest BCUT2D eigenvalue weighted by Crippen LogP contribution is 2.43. The summed E-state index contributed by atoms with van der Waals surface area (Å²) in [5, 5.41) is 12.5. The van der Waals surface area contributed by atoms with Crippen LogP contribution in [0.5, 0.6) is 0 Å². The number of nitrogens with one attached hydrogen (secondary N) is 1. The summed E-state index contributed by atoms with van der Waals surface area (Å²) in [4.78, 5) is 23.7. The van der Waals surface area contributed by atoms with Crippen molar-refractivity contribution >= 4 is 23.6 Å². The van der Waals surface area contributed by atoms with E-state index in [9.17, 15) is 14.7 Å². The van der Waals surface area contributed by atoms with Gasteiger partial charge in [-0.15, -0.1) is 0 Å². The van der Waals surface area contributed by atoms with Crippen LogP contribution in [0.2, 0.25) is 0 Å². The average molecular weight is 299 g/mol. The Balaban J connectivity index is 1.87. The second-order valence-corrected chi connectivity index (χ2v) is 7.61. The molecule has 0 aromatic rings. The summed E-state index contributed by atoms with van der Waals surface area (Å²) in [6.07, 6.45) is 9.99. The van der Waals surface area contributed by atoms with Crippen molar-refractivity contribution in [2.45, 2.75) is 62.5 Å². The van der Waals surface area contributed by atoms with Crippen LogP contribution in [-0.2, 0) is 9.59 Å². The van der Waals surface area contributed by atoms with Gasteiger partial charge >= 0.3 is 5.97 Å². The number of thioether (sulfide) groups is 1. The van der Waals surface area contributed by atoms with Gasteiger partial charge in [-0.2, -0.15) is 11.8 Å². The van der Waals surface area contributed by atoms with E-state index in [-0.39, 0.29) is 17.1 Å². The highest BCUT2D eigenvalue weighted by Gasteiger charge is 2.42. The van der Waals surface area contributed by atoms with Crippen LogP contribution in [0.3, 0.4) is 0 Å². The molecule has 5 heteroatoms. The normalized spacial score (nSPS) is 23.6. The molecule has 0 aromatic carbocycles. The third-order valence-corrected chi connectivity index (χ3v) is 6.49. The van der Waals surface area contributed by atoms with Gasteiger partial charge in [0, 0.05) is 17.7 Å². The van der Waals surface area contributed by atoms with Crippen LogP contribution in [0.25, 0.3) is 0 Å². The quantitative estimate of drug-likeness (QED) is 0.791. The lowest BCUT2D eigenvalue weighted by atomic mass is 9.71. The molecule has 2 aliphatic carbocycles. The van der Waals surface area contributed by atoms with E-state index < -0.39 is 11.4 Å². The molecular weight excluding hydrogens is 274 g/mol. The average Bonchev–Trinajstić information content (AvgIpc) is 2.39. The molecular formula is C15H25NO3S. The fourth-order valence-electron chi connectivity index (χ4n) is 3.35. The highest BCUT2D eigenvalue weighted by molar-refractivity contribution is 8.00. The second kappa shape index (κ2) is 6.37. The molecule has 0 radical (unpaired) electrons. The third kappa shape index (κ3) is 3.30. The topological polar surface area (TPSA) is 66.4 Å². The Kier molecular flexibility index (Phi) is 4.99. The molecule has 2 N–H and O–H groups in total. The number of carbonyl (C=O) groups is 2. The van der Waals surface area contributed by atoms with Crippen LogP contribution in [0, 0.1) is 5.41 Å². The third-order valence-electron chi connectivity index (χ3n) is 5.07. The van der Waals surface area contributed by atoms with Gasteiger partial charge in [0.05, 0.1) is 5.41 Å². The molecule has 2 saturated carbocycles. The minimum atomic E-state index is -0.811. The zero-order chi connectivity index (χ0) is 14.6. The van der Waals surface area contributed by atoms with Gasteiger partial charge < -0.3 is 10.4 Å². The van der Waals surface area contributed by atoms with Gasteiger partial charge in [-0.25, -0.2) is 0 Å². The largest absolute Gasteiger partial charge is 0.481 e. The predicted molar refractivity (Wildman–Crippen MR) is 80.9 cm³/mol. The van der Waals surface area contributed by atoms with E-state index in [1.54, 1.807) is 0 Å². The summed E-state index contributed by atoms with van der Waals surface area (Å²) in [7, 11) is 0. The molecule has 0 bridgehead atoms. The van der Waals surface area contributed by atoms with Crippen LogP contribution in [0.4, 0.5) is 0 Å². The first-order chi connectivity index (χ1) is 9.52. The van der Waals surface area contributed by atoms with Gasteiger partial charge in [0.2, 0.25) is 5.91 Å². The van der Waals surface area contributed by atoms with Crippen molar-refractivity contribution in [2.75, 3.05) is 12.8 Å². The van der Waals surface area contributed by atoms with Crippen LogP contribution in [0.15, 0.2) is 0 Å². The monoisotopic (exact) mass is 299 g/mol. The van der Waals surface area contributed by atoms with Crippen molar-refractivity contribution in [3.05, 3.63) is 0 Å². The predicted octanol–water partition coefficient (Wildman–Crippen LogP) is 2.81. The van der Waals surface area contributed by atoms with Gasteiger partial charge in [0.15, 0.2) is 0 Å². The van der Waals surface area contributed by atoms with Crippen molar-refractivity contribution in [1.82, 2.24) is 5.32 Å². The molecule has 0 aromatic heterocycles. The van der Waals surface area contributed by atoms with E-state index >= 15 is 0 Å². The van der Waals surface area contributed by atoms with Crippen LogP contribution in [-0.4, -0.2) is 34.5 Å². The summed E-state index contributed by atoms with van der Waals surface area (Å²) in [6.45, 7) is 0.683. The van der Waals surface area contributed by atoms with Gasteiger partial charge in [0.1, 0.15) is 0 Å². The number of aliphatic carboxylic acids is 1. The smallest absolute Gasteiger partial charge is 0.310 e. The second-order valence-electron chi connectivity index (χ2n) is 6.34. The first-order valence-electron chi connectivity index (χ1n) is 7.57. The number of hydrogen-bond acceptors (Lipinski definition) is 3. The Morgan fingerprint density at radius 3 is 2.20 bits per heavy atom. The molecule has 0 atom stereocenters. The Hall–Kier alpha value is -0.710. The molecule has 2 aliphatic rings. The zero-order valence-corrected chi connectivity index (χ0v) is 13.1. The number of carboxylic acids is 1. The minimum absolute atomic E-state index is 0.0883. The first-order valence-corrected chi connectivity index (χ1v) is 8.80. The van der Waals surface area contributed by atoms with Crippen molar-refractivity contribution in [2.24, 2.45) is 5.41 Å². The maximum absolute atomic E-state index is 12.1. The first kappa shape index (κ1) is 15.7. The van der Waals surface area contributed by atoms with Crippen molar-refractivity contribution in [3.63, 3.8) is 0 Å². The SMILES string of the molecule is CSC1(CNC(=O)CC2(C(=O)O)CCCCC2)CCC1. The van der Waals surface area contributed by atoms with Crippen molar-refractivity contribution in [3.8, 4) is 0 Å². The molecule has 114 valence electrons. The van der Waals surface area contributed by atoms with E-state index in [1.165, 1.54) is 6.42 Å². The lowest BCUT2D eigenvalue weighted by Crippen LogP contribution is -2.47. The van der Waals surface area contributed by atoms with Gasteiger partial charge in [-0.05, 0) is 31.9 Å². The molecule has 0 spiro atoms. The van der Waals surface area contributed by atoms with Gasteiger partial charge in [-0.3, -0.25) is 9.59 Å². The molecule has 1 amide bonds.